The first-order valence-corrected chi connectivity index (χ1v) is 7.40. The predicted molar refractivity (Wildman–Crippen MR) is 75.9 cm³/mol. The Hall–Kier alpha value is -1.26. The summed E-state index contributed by atoms with van der Waals surface area (Å²) in [5, 5.41) is 1.86. The molecule has 0 radical (unpaired) electrons. The standard InChI is InChI=1S/C14H28N2O3/c1-2-3-4-5-6-7-8-9-10-11-12-19-14(18)16-13(15)17/h2-12H2,1H3,(H3,15,16,17,18). The zero-order valence-corrected chi connectivity index (χ0v) is 12.1. The molecule has 0 fully saturated rings. The largest absolute Gasteiger partial charge is 0.449 e. The lowest BCUT2D eigenvalue weighted by Crippen LogP contribution is -2.35. The average molecular weight is 272 g/mol. The molecule has 0 aromatic rings. The second-order valence-electron chi connectivity index (χ2n) is 4.81. The van der Waals surface area contributed by atoms with Gasteiger partial charge in [-0.1, -0.05) is 64.7 Å². The highest BCUT2D eigenvalue weighted by molar-refractivity contribution is 5.89. The van der Waals surface area contributed by atoms with Crippen LogP contribution in [-0.2, 0) is 4.74 Å². The molecule has 0 unspecified atom stereocenters. The van der Waals surface area contributed by atoms with E-state index in [1.807, 2.05) is 5.32 Å². The maximum atomic E-state index is 10.9. The number of carbonyl (C=O) groups excluding carboxylic acids is 2. The van der Waals surface area contributed by atoms with E-state index in [4.69, 9.17) is 10.5 Å². The summed E-state index contributed by atoms with van der Waals surface area (Å²) in [5.74, 6) is 0. The van der Waals surface area contributed by atoms with Crippen LogP contribution in [0, 0.1) is 0 Å². The van der Waals surface area contributed by atoms with Crippen LogP contribution in [-0.4, -0.2) is 18.7 Å². The number of nitrogens with two attached hydrogens (primary N) is 1. The highest BCUT2D eigenvalue weighted by atomic mass is 16.5. The number of amides is 3. The van der Waals surface area contributed by atoms with Crippen LogP contribution >= 0.6 is 0 Å². The summed E-state index contributed by atoms with van der Waals surface area (Å²) >= 11 is 0. The normalized spacial score (nSPS) is 10.2. The topological polar surface area (TPSA) is 81.4 Å². The van der Waals surface area contributed by atoms with Crippen molar-refractivity contribution in [1.29, 1.82) is 0 Å². The molecule has 19 heavy (non-hydrogen) atoms. The Bertz CT molecular complexity index is 245. The molecule has 0 spiro atoms. The molecule has 0 saturated carbocycles. The van der Waals surface area contributed by atoms with Gasteiger partial charge in [-0.25, -0.2) is 14.9 Å². The van der Waals surface area contributed by atoms with Gasteiger partial charge >= 0.3 is 12.1 Å². The van der Waals surface area contributed by atoms with E-state index in [0.29, 0.717) is 6.61 Å². The van der Waals surface area contributed by atoms with Crippen molar-refractivity contribution in [1.82, 2.24) is 5.32 Å². The molecule has 0 heterocycles. The molecule has 0 atom stereocenters. The van der Waals surface area contributed by atoms with Gasteiger partial charge in [-0.05, 0) is 6.42 Å². The van der Waals surface area contributed by atoms with Gasteiger partial charge in [0.1, 0.15) is 0 Å². The SMILES string of the molecule is CCCCCCCCCCCCOC(=O)NC(N)=O. The molecule has 3 amide bonds. The number of primary amides is 1. The van der Waals surface area contributed by atoms with Crippen molar-refractivity contribution in [3.63, 3.8) is 0 Å². The van der Waals surface area contributed by atoms with E-state index in [0.717, 1.165) is 12.8 Å². The minimum Gasteiger partial charge on any atom is -0.449 e. The highest BCUT2D eigenvalue weighted by Gasteiger charge is 2.03. The molecule has 0 aliphatic carbocycles. The van der Waals surface area contributed by atoms with Gasteiger partial charge in [-0.2, -0.15) is 0 Å². The molecule has 0 aromatic carbocycles. The summed E-state index contributed by atoms with van der Waals surface area (Å²) in [4.78, 5) is 21.2. The zero-order valence-electron chi connectivity index (χ0n) is 12.1. The number of unbranched alkanes of at least 4 members (excludes halogenated alkanes) is 9. The number of imide groups is 1. The minimum absolute atomic E-state index is 0.343. The van der Waals surface area contributed by atoms with Crippen molar-refractivity contribution in [3.8, 4) is 0 Å². The highest BCUT2D eigenvalue weighted by Crippen LogP contribution is 2.10. The van der Waals surface area contributed by atoms with Gasteiger partial charge in [0.15, 0.2) is 0 Å². The molecule has 0 bridgehead atoms. The number of rotatable bonds is 11. The minimum atomic E-state index is -0.881. The second kappa shape index (κ2) is 13.2. The van der Waals surface area contributed by atoms with Gasteiger partial charge in [0, 0.05) is 0 Å². The first-order valence-electron chi connectivity index (χ1n) is 7.40. The molecule has 0 rings (SSSR count). The molecular weight excluding hydrogens is 244 g/mol. The third kappa shape index (κ3) is 14.7. The van der Waals surface area contributed by atoms with Crippen molar-refractivity contribution in [3.05, 3.63) is 0 Å². The van der Waals surface area contributed by atoms with E-state index in [2.05, 4.69) is 6.92 Å². The van der Waals surface area contributed by atoms with Crippen molar-refractivity contribution >= 4 is 12.1 Å². The number of alkyl carbamates (subject to hydrolysis) is 1. The molecule has 5 nitrogen and oxygen atoms in total. The fourth-order valence-electron chi connectivity index (χ4n) is 1.89. The Balaban J connectivity index is 3.10. The Kier molecular flexibility index (Phi) is 12.3. The summed E-state index contributed by atoms with van der Waals surface area (Å²) in [6.07, 6.45) is 11.5. The molecule has 5 heteroatoms. The van der Waals surface area contributed by atoms with Crippen LogP contribution in [0.2, 0.25) is 0 Å². The second-order valence-corrected chi connectivity index (χ2v) is 4.81. The predicted octanol–water partition coefficient (Wildman–Crippen LogP) is 3.71. The van der Waals surface area contributed by atoms with E-state index >= 15 is 0 Å². The third-order valence-electron chi connectivity index (χ3n) is 2.96. The van der Waals surface area contributed by atoms with E-state index in [1.54, 1.807) is 0 Å². The number of urea groups is 1. The Morgan fingerprint density at radius 2 is 1.37 bits per heavy atom. The summed E-state index contributed by atoms with van der Waals surface area (Å²) in [6.45, 7) is 2.57. The molecule has 0 aliphatic heterocycles. The fraction of sp³-hybridized carbons (Fsp3) is 0.857. The molecule has 112 valence electrons. The van der Waals surface area contributed by atoms with Crippen molar-refractivity contribution < 1.29 is 14.3 Å². The summed E-state index contributed by atoms with van der Waals surface area (Å²) in [7, 11) is 0. The molecule has 0 saturated heterocycles. The lowest BCUT2D eigenvalue weighted by atomic mass is 10.1. The number of nitrogens with one attached hydrogen (secondary N) is 1. The molecule has 0 aromatic heterocycles. The van der Waals surface area contributed by atoms with Gasteiger partial charge in [-0.3, -0.25) is 0 Å². The van der Waals surface area contributed by atoms with Crippen molar-refractivity contribution in [2.45, 2.75) is 71.1 Å². The fourth-order valence-corrected chi connectivity index (χ4v) is 1.89. The number of carbonyl (C=O) groups is 2. The first-order chi connectivity index (χ1) is 9.16. The van der Waals surface area contributed by atoms with Gasteiger partial charge in [0.2, 0.25) is 0 Å². The van der Waals surface area contributed by atoms with E-state index in [-0.39, 0.29) is 0 Å². The zero-order chi connectivity index (χ0) is 14.3. The molecule has 3 N–H and O–H groups in total. The van der Waals surface area contributed by atoms with Crippen LogP contribution in [0.3, 0.4) is 0 Å². The van der Waals surface area contributed by atoms with Crippen LogP contribution in [0.25, 0.3) is 0 Å². The van der Waals surface area contributed by atoms with E-state index < -0.39 is 12.1 Å². The van der Waals surface area contributed by atoms with Gasteiger partial charge < -0.3 is 10.5 Å². The van der Waals surface area contributed by atoms with Gasteiger partial charge in [0.25, 0.3) is 0 Å². The van der Waals surface area contributed by atoms with Gasteiger partial charge in [-0.15, -0.1) is 0 Å². The van der Waals surface area contributed by atoms with E-state index in [9.17, 15) is 9.59 Å². The van der Waals surface area contributed by atoms with Crippen LogP contribution in [0.4, 0.5) is 9.59 Å². The van der Waals surface area contributed by atoms with Crippen LogP contribution in [0.1, 0.15) is 71.1 Å². The maximum Gasteiger partial charge on any atom is 0.415 e. The quantitative estimate of drug-likeness (QED) is 0.562. The van der Waals surface area contributed by atoms with Crippen LogP contribution in [0.5, 0.6) is 0 Å². The number of ether oxygens (including phenoxy) is 1. The summed E-state index contributed by atoms with van der Waals surface area (Å²) in [6, 6.07) is -0.881. The lowest BCUT2D eigenvalue weighted by molar-refractivity contribution is 0.145. The molecule has 0 aliphatic rings. The average Bonchev–Trinajstić information content (AvgIpc) is 2.35. The third-order valence-corrected chi connectivity index (χ3v) is 2.96. The Morgan fingerprint density at radius 1 is 0.895 bits per heavy atom. The number of hydrogen-bond acceptors (Lipinski definition) is 3. The van der Waals surface area contributed by atoms with Crippen LogP contribution in [0.15, 0.2) is 0 Å². The van der Waals surface area contributed by atoms with E-state index in [1.165, 1.54) is 51.4 Å². The Morgan fingerprint density at radius 3 is 1.84 bits per heavy atom. The van der Waals surface area contributed by atoms with Crippen molar-refractivity contribution in [2.75, 3.05) is 6.61 Å². The van der Waals surface area contributed by atoms with Crippen LogP contribution < -0.4 is 11.1 Å². The van der Waals surface area contributed by atoms with Crippen molar-refractivity contribution in [2.24, 2.45) is 5.73 Å². The maximum absolute atomic E-state index is 10.9. The summed E-state index contributed by atoms with van der Waals surface area (Å²) < 4.78 is 4.77. The summed E-state index contributed by atoms with van der Waals surface area (Å²) in [5.41, 5.74) is 4.77. The lowest BCUT2D eigenvalue weighted by Gasteiger charge is -2.04. The first kappa shape index (κ1) is 17.7. The van der Waals surface area contributed by atoms with Gasteiger partial charge in [0.05, 0.1) is 6.61 Å². The molecular formula is C14H28N2O3. The Labute approximate surface area is 116 Å². The monoisotopic (exact) mass is 272 g/mol. The number of hydrogen-bond donors (Lipinski definition) is 2. The smallest absolute Gasteiger partial charge is 0.415 e.